The molecule has 42 heavy (non-hydrogen) atoms. The summed E-state index contributed by atoms with van der Waals surface area (Å²) in [4.78, 5) is 39.3. The summed E-state index contributed by atoms with van der Waals surface area (Å²) in [6.45, 7) is 7.32. The highest BCUT2D eigenvalue weighted by atomic mass is 32.2. The van der Waals surface area contributed by atoms with Crippen LogP contribution in [-0.2, 0) is 26.0 Å². The molecule has 230 valence electrons. The van der Waals surface area contributed by atoms with Crippen LogP contribution in [0.15, 0.2) is 59.5 Å². The second-order valence-corrected chi connectivity index (χ2v) is 13.2. The molecule has 0 unspecified atom stereocenters. The minimum absolute atomic E-state index is 0.0435. The van der Waals surface area contributed by atoms with Gasteiger partial charge in [0.05, 0.1) is 24.2 Å². The van der Waals surface area contributed by atoms with E-state index in [-0.39, 0.29) is 49.2 Å². The van der Waals surface area contributed by atoms with Gasteiger partial charge in [0.25, 0.3) is 0 Å². The lowest BCUT2D eigenvalue weighted by Crippen LogP contribution is -2.61. The van der Waals surface area contributed by atoms with Crippen molar-refractivity contribution < 1.29 is 32.6 Å². The van der Waals surface area contributed by atoms with E-state index in [1.165, 1.54) is 28.4 Å². The standard InChI is InChI=1S/C30H42N4O7S/c1-20(2)18-33(42(39,40)24-13-11-23(41-5)12-14-24)19-26(35)25(17-22-9-7-6-8-10-22)31-29(37)28(21(3)4)34-16-15-27(36)32-30(34)38/h6-14,20-21,25-26,28,35H,15-19H2,1-5H3,(H,31,37)(H,32,36,38)/t25-,26+,28-/m0/s1. The molecule has 0 spiro atoms. The van der Waals surface area contributed by atoms with Gasteiger partial charge in [0.1, 0.15) is 11.8 Å². The number of rotatable bonds is 14. The number of nitrogens with one attached hydrogen (secondary N) is 2. The number of hydrogen-bond acceptors (Lipinski definition) is 7. The number of aliphatic hydroxyl groups is 1. The third-order valence-electron chi connectivity index (χ3n) is 7.07. The molecule has 1 aliphatic rings. The van der Waals surface area contributed by atoms with E-state index >= 15 is 0 Å². The average molecular weight is 603 g/mol. The van der Waals surface area contributed by atoms with Crippen LogP contribution >= 0.6 is 0 Å². The zero-order valence-corrected chi connectivity index (χ0v) is 25.6. The number of nitrogens with zero attached hydrogens (tertiary/aromatic N) is 2. The number of amides is 4. The number of benzene rings is 2. The Morgan fingerprint density at radius 3 is 2.24 bits per heavy atom. The maximum atomic E-state index is 13.7. The van der Waals surface area contributed by atoms with Crippen LogP contribution in [0.3, 0.4) is 0 Å². The van der Waals surface area contributed by atoms with Gasteiger partial charge in [0.2, 0.25) is 21.8 Å². The molecular weight excluding hydrogens is 560 g/mol. The molecule has 0 bridgehead atoms. The molecule has 0 aromatic heterocycles. The zero-order chi connectivity index (χ0) is 31.0. The first kappa shape index (κ1) is 33.0. The van der Waals surface area contributed by atoms with E-state index in [0.29, 0.717) is 5.75 Å². The van der Waals surface area contributed by atoms with E-state index in [1.54, 1.807) is 26.0 Å². The highest BCUT2D eigenvalue weighted by Gasteiger charge is 2.38. The van der Waals surface area contributed by atoms with Crippen LogP contribution in [0.1, 0.15) is 39.7 Å². The van der Waals surface area contributed by atoms with E-state index in [4.69, 9.17) is 4.74 Å². The van der Waals surface area contributed by atoms with Crippen LogP contribution in [0.2, 0.25) is 0 Å². The highest BCUT2D eigenvalue weighted by Crippen LogP contribution is 2.22. The number of ether oxygens (including phenoxy) is 1. The largest absolute Gasteiger partial charge is 0.497 e. The summed E-state index contributed by atoms with van der Waals surface area (Å²) in [5.74, 6) is -0.728. The molecule has 4 amide bonds. The number of methoxy groups -OCH3 is 1. The van der Waals surface area contributed by atoms with Crippen molar-refractivity contribution in [2.24, 2.45) is 11.8 Å². The van der Waals surface area contributed by atoms with Crippen molar-refractivity contribution in [2.45, 2.75) is 63.6 Å². The Hall–Kier alpha value is -3.48. The zero-order valence-electron chi connectivity index (χ0n) is 24.8. The van der Waals surface area contributed by atoms with Crippen LogP contribution in [0.4, 0.5) is 4.79 Å². The lowest BCUT2D eigenvalue weighted by molar-refractivity contribution is -0.131. The Kier molecular flexibility index (Phi) is 11.5. The van der Waals surface area contributed by atoms with Crippen LogP contribution in [-0.4, -0.2) is 85.5 Å². The van der Waals surface area contributed by atoms with Gasteiger partial charge < -0.3 is 20.1 Å². The summed E-state index contributed by atoms with van der Waals surface area (Å²) >= 11 is 0. The molecule has 0 radical (unpaired) electrons. The van der Waals surface area contributed by atoms with E-state index in [2.05, 4.69) is 10.6 Å². The van der Waals surface area contributed by atoms with Crippen LogP contribution < -0.4 is 15.4 Å². The van der Waals surface area contributed by atoms with Gasteiger partial charge in [-0.2, -0.15) is 4.31 Å². The molecule has 1 heterocycles. The van der Waals surface area contributed by atoms with Gasteiger partial charge >= 0.3 is 6.03 Å². The molecular formula is C30H42N4O7S. The molecule has 0 saturated carbocycles. The van der Waals surface area contributed by atoms with E-state index < -0.39 is 46.1 Å². The van der Waals surface area contributed by atoms with Gasteiger partial charge in [-0.05, 0) is 48.1 Å². The summed E-state index contributed by atoms with van der Waals surface area (Å²) in [6, 6.07) is 12.9. The topological polar surface area (TPSA) is 145 Å². The molecule has 1 saturated heterocycles. The molecule has 0 aliphatic carbocycles. The van der Waals surface area contributed by atoms with Gasteiger partial charge in [-0.25, -0.2) is 13.2 Å². The van der Waals surface area contributed by atoms with Crippen molar-refractivity contribution in [3.8, 4) is 5.75 Å². The number of sulfonamides is 1. The lowest BCUT2D eigenvalue weighted by atomic mass is 9.97. The molecule has 2 aromatic rings. The number of imide groups is 1. The van der Waals surface area contributed by atoms with Crippen LogP contribution in [0.5, 0.6) is 5.75 Å². The second kappa shape index (κ2) is 14.6. The summed E-state index contributed by atoms with van der Waals surface area (Å²) in [6.07, 6.45) is -0.988. The molecule has 1 fully saturated rings. The fraction of sp³-hybridized carbons (Fsp3) is 0.500. The molecule has 11 nitrogen and oxygen atoms in total. The van der Waals surface area contributed by atoms with E-state index in [9.17, 15) is 27.9 Å². The third kappa shape index (κ3) is 8.52. The maximum absolute atomic E-state index is 13.7. The van der Waals surface area contributed by atoms with Crippen molar-refractivity contribution in [1.82, 2.24) is 19.8 Å². The molecule has 1 aliphatic heterocycles. The van der Waals surface area contributed by atoms with Gasteiger partial charge in [0, 0.05) is 26.1 Å². The summed E-state index contributed by atoms with van der Waals surface area (Å²) < 4.78 is 33.8. The van der Waals surface area contributed by atoms with Crippen molar-refractivity contribution in [3.63, 3.8) is 0 Å². The third-order valence-corrected chi connectivity index (χ3v) is 8.92. The molecule has 3 atom stereocenters. The normalized spacial score (nSPS) is 16.4. The molecule has 12 heteroatoms. The quantitative estimate of drug-likeness (QED) is 0.301. The minimum Gasteiger partial charge on any atom is -0.497 e. The number of urea groups is 1. The van der Waals surface area contributed by atoms with Crippen LogP contribution in [0, 0.1) is 11.8 Å². The lowest BCUT2D eigenvalue weighted by Gasteiger charge is -2.37. The number of carbonyl (C=O) groups is 3. The minimum atomic E-state index is -4.00. The molecule has 2 aromatic carbocycles. The first-order chi connectivity index (χ1) is 19.8. The number of hydrogen-bond donors (Lipinski definition) is 3. The number of aliphatic hydroxyl groups excluding tert-OH is 1. The monoisotopic (exact) mass is 602 g/mol. The van der Waals surface area contributed by atoms with Gasteiger partial charge in [-0.15, -0.1) is 0 Å². The summed E-state index contributed by atoms with van der Waals surface area (Å²) in [5.41, 5.74) is 0.831. The van der Waals surface area contributed by atoms with Crippen molar-refractivity contribution >= 4 is 27.9 Å². The fourth-order valence-electron chi connectivity index (χ4n) is 4.98. The van der Waals surface area contributed by atoms with Crippen molar-refractivity contribution in [2.75, 3.05) is 26.7 Å². The first-order valence-corrected chi connectivity index (χ1v) is 15.5. The summed E-state index contributed by atoms with van der Waals surface area (Å²) in [7, 11) is -2.51. The smallest absolute Gasteiger partial charge is 0.324 e. The Labute approximate surface area is 248 Å². The van der Waals surface area contributed by atoms with Gasteiger partial charge in [-0.3, -0.25) is 14.9 Å². The Balaban J connectivity index is 1.90. The second-order valence-electron chi connectivity index (χ2n) is 11.2. The fourth-order valence-corrected chi connectivity index (χ4v) is 6.60. The molecule has 3 rings (SSSR count). The Bertz CT molecular complexity index is 1320. The predicted octanol–water partition coefficient (Wildman–Crippen LogP) is 2.40. The predicted molar refractivity (Wildman–Crippen MR) is 158 cm³/mol. The SMILES string of the molecule is COc1ccc(S(=O)(=O)N(CC(C)C)C[C@@H](O)[C@H](Cc2ccccc2)NC(=O)[C@H](C(C)C)N2CCC(=O)NC2=O)cc1. The number of carbonyl (C=O) groups excluding carboxylic acids is 3. The van der Waals surface area contributed by atoms with E-state index in [1.807, 2.05) is 44.2 Å². The first-order valence-electron chi connectivity index (χ1n) is 14.1. The van der Waals surface area contributed by atoms with Gasteiger partial charge in [0.15, 0.2) is 0 Å². The van der Waals surface area contributed by atoms with E-state index in [0.717, 1.165) is 5.56 Å². The Morgan fingerprint density at radius 1 is 1.05 bits per heavy atom. The molecule has 3 N–H and O–H groups in total. The Morgan fingerprint density at radius 2 is 1.69 bits per heavy atom. The van der Waals surface area contributed by atoms with Crippen LogP contribution in [0.25, 0.3) is 0 Å². The highest BCUT2D eigenvalue weighted by molar-refractivity contribution is 7.89. The van der Waals surface area contributed by atoms with Crippen molar-refractivity contribution in [3.05, 3.63) is 60.2 Å². The van der Waals surface area contributed by atoms with Crippen molar-refractivity contribution in [1.29, 1.82) is 0 Å². The maximum Gasteiger partial charge on any atom is 0.324 e. The average Bonchev–Trinajstić information content (AvgIpc) is 2.93. The summed E-state index contributed by atoms with van der Waals surface area (Å²) in [5, 5.41) is 16.7. The van der Waals surface area contributed by atoms with Gasteiger partial charge in [-0.1, -0.05) is 58.0 Å².